The van der Waals surface area contributed by atoms with Crippen molar-refractivity contribution in [1.82, 2.24) is 10.6 Å². The third-order valence-corrected chi connectivity index (χ3v) is 2.84. The second-order valence-corrected chi connectivity index (χ2v) is 3.20. The summed E-state index contributed by atoms with van der Waals surface area (Å²) in [6, 6.07) is 1.80. The van der Waals surface area contributed by atoms with Crippen molar-refractivity contribution >= 4 is 0 Å². The molecule has 4 atom stereocenters. The lowest BCUT2D eigenvalue weighted by molar-refractivity contribution is 0.325. The topological polar surface area (TPSA) is 24.1 Å². The standard InChI is InChI=1S/C6H10N2/c1-3-5-4(2-7-1)8-6(3)5/h3-8H,1-2H2. The molecule has 3 rings (SSSR count). The second-order valence-electron chi connectivity index (χ2n) is 3.20. The summed E-state index contributed by atoms with van der Waals surface area (Å²) < 4.78 is 0. The van der Waals surface area contributed by atoms with E-state index >= 15 is 0 Å². The van der Waals surface area contributed by atoms with Crippen molar-refractivity contribution in [1.29, 1.82) is 0 Å². The molecule has 3 aliphatic rings. The molecule has 0 aromatic rings. The first-order chi connectivity index (χ1) is 3.97. The van der Waals surface area contributed by atoms with Crippen LogP contribution >= 0.6 is 0 Å². The molecular formula is C6H10N2. The van der Waals surface area contributed by atoms with Gasteiger partial charge < -0.3 is 10.6 Å². The van der Waals surface area contributed by atoms with Crippen LogP contribution in [0.25, 0.3) is 0 Å². The summed E-state index contributed by atoms with van der Waals surface area (Å²) in [6.07, 6.45) is 0. The highest BCUT2D eigenvalue weighted by atomic mass is 15.2. The van der Waals surface area contributed by atoms with Crippen molar-refractivity contribution in [3.05, 3.63) is 0 Å². The number of piperidine rings is 1. The van der Waals surface area contributed by atoms with E-state index in [9.17, 15) is 0 Å². The Morgan fingerprint density at radius 1 is 1.25 bits per heavy atom. The van der Waals surface area contributed by atoms with E-state index in [1.54, 1.807) is 0 Å². The minimum absolute atomic E-state index is 0.860. The Kier molecular flexibility index (Phi) is 0.461. The molecule has 8 heavy (non-hydrogen) atoms. The molecule has 2 nitrogen and oxygen atoms in total. The van der Waals surface area contributed by atoms with Gasteiger partial charge in [-0.25, -0.2) is 0 Å². The van der Waals surface area contributed by atoms with E-state index in [1.165, 1.54) is 13.1 Å². The second kappa shape index (κ2) is 0.957. The van der Waals surface area contributed by atoms with Crippen molar-refractivity contribution < 1.29 is 0 Å². The third kappa shape index (κ3) is 0.250. The Morgan fingerprint density at radius 3 is 3.00 bits per heavy atom. The van der Waals surface area contributed by atoms with Crippen LogP contribution in [0.3, 0.4) is 0 Å². The summed E-state index contributed by atoms with van der Waals surface area (Å²) in [7, 11) is 0. The van der Waals surface area contributed by atoms with E-state index in [0.717, 1.165) is 23.9 Å². The van der Waals surface area contributed by atoms with Crippen LogP contribution in [-0.4, -0.2) is 25.2 Å². The number of fused-ring (bicyclic) bond motifs is 1. The van der Waals surface area contributed by atoms with Crippen molar-refractivity contribution in [3.8, 4) is 0 Å². The smallest absolute Gasteiger partial charge is 0.0242 e. The number of hydrogen-bond donors (Lipinski definition) is 2. The molecule has 0 bridgehead atoms. The van der Waals surface area contributed by atoms with Gasteiger partial charge in [0.15, 0.2) is 0 Å². The third-order valence-electron chi connectivity index (χ3n) is 2.84. The summed E-state index contributed by atoms with van der Waals surface area (Å²) in [5, 5.41) is 6.92. The lowest BCUT2D eigenvalue weighted by Crippen LogP contribution is -2.50. The van der Waals surface area contributed by atoms with E-state index in [0.29, 0.717) is 0 Å². The molecule has 1 aliphatic carbocycles. The average molecular weight is 110 g/mol. The quantitative estimate of drug-likeness (QED) is 0.425. The largest absolute Gasteiger partial charge is 0.315 e. The molecule has 2 heterocycles. The van der Waals surface area contributed by atoms with Gasteiger partial charge in [0.25, 0.3) is 0 Å². The average Bonchev–Trinajstić information content (AvgIpc) is 2.33. The molecule has 2 heteroatoms. The molecular weight excluding hydrogens is 100 g/mol. The van der Waals surface area contributed by atoms with Gasteiger partial charge in [-0.3, -0.25) is 0 Å². The van der Waals surface area contributed by atoms with Crippen LogP contribution in [0.1, 0.15) is 0 Å². The van der Waals surface area contributed by atoms with Gasteiger partial charge in [-0.05, 0) is 18.4 Å². The van der Waals surface area contributed by atoms with Gasteiger partial charge in [-0.2, -0.15) is 0 Å². The van der Waals surface area contributed by atoms with Crippen LogP contribution in [0.15, 0.2) is 0 Å². The molecule has 2 aliphatic heterocycles. The molecule has 0 aromatic heterocycles. The first-order valence-electron chi connectivity index (χ1n) is 3.43. The van der Waals surface area contributed by atoms with Crippen LogP contribution in [0.4, 0.5) is 0 Å². The normalized spacial score (nSPS) is 66.0. The van der Waals surface area contributed by atoms with Gasteiger partial charge >= 0.3 is 0 Å². The maximum atomic E-state index is 3.52. The number of rotatable bonds is 0. The van der Waals surface area contributed by atoms with Crippen molar-refractivity contribution in [3.63, 3.8) is 0 Å². The molecule has 3 fully saturated rings. The first kappa shape index (κ1) is 3.85. The molecule has 0 radical (unpaired) electrons. The highest BCUT2D eigenvalue weighted by Crippen LogP contribution is 2.50. The highest BCUT2D eigenvalue weighted by molar-refractivity contribution is 5.21. The molecule has 44 valence electrons. The predicted octanol–water partition coefficient (Wildman–Crippen LogP) is -0.824. The van der Waals surface area contributed by atoms with Gasteiger partial charge in [-0.1, -0.05) is 0 Å². The predicted molar refractivity (Wildman–Crippen MR) is 30.6 cm³/mol. The zero-order valence-corrected chi connectivity index (χ0v) is 4.72. The fourth-order valence-corrected chi connectivity index (χ4v) is 2.29. The van der Waals surface area contributed by atoms with E-state index in [1.807, 2.05) is 0 Å². The zero-order valence-electron chi connectivity index (χ0n) is 4.72. The molecule has 2 N–H and O–H groups in total. The Balaban J connectivity index is 1.93. The van der Waals surface area contributed by atoms with E-state index < -0.39 is 0 Å². The molecule has 2 saturated heterocycles. The SMILES string of the molecule is C1NCC2C3NC1C23. The van der Waals surface area contributed by atoms with E-state index in [2.05, 4.69) is 10.6 Å². The Hall–Kier alpha value is -0.0800. The lowest BCUT2D eigenvalue weighted by Gasteiger charge is -2.27. The Bertz CT molecular complexity index is 121. The van der Waals surface area contributed by atoms with Crippen LogP contribution in [0.2, 0.25) is 0 Å². The minimum Gasteiger partial charge on any atom is -0.315 e. The van der Waals surface area contributed by atoms with Gasteiger partial charge in [0, 0.05) is 18.6 Å². The molecule has 1 saturated carbocycles. The van der Waals surface area contributed by atoms with Crippen LogP contribution in [-0.2, 0) is 0 Å². The fourth-order valence-electron chi connectivity index (χ4n) is 2.29. The highest BCUT2D eigenvalue weighted by Gasteiger charge is 2.63. The maximum Gasteiger partial charge on any atom is 0.0242 e. The van der Waals surface area contributed by atoms with Gasteiger partial charge in [-0.15, -0.1) is 0 Å². The summed E-state index contributed by atoms with van der Waals surface area (Å²) in [5.41, 5.74) is 0. The van der Waals surface area contributed by atoms with Gasteiger partial charge in [0.2, 0.25) is 0 Å². The van der Waals surface area contributed by atoms with Crippen molar-refractivity contribution in [2.75, 3.05) is 13.1 Å². The Labute approximate surface area is 48.6 Å². The Morgan fingerprint density at radius 2 is 2.25 bits per heavy atom. The van der Waals surface area contributed by atoms with Crippen LogP contribution in [0, 0.1) is 11.8 Å². The molecule has 0 amide bonds. The van der Waals surface area contributed by atoms with E-state index in [4.69, 9.17) is 0 Å². The summed E-state index contributed by atoms with van der Waals surface area (Å²) in [6.45, 7) is 2.50. The molecule has 4 unspecified atom stereocenters. The summed E-state index contributed by atoms with van der Waals surface area (Å²) in [4.78, 5) is 0. The van der Waals surface area contributed by atoms with E-state index in [-0.39, 0.29) is 0 Å². The van der Waals surface area contributed by atoms with Gasteiger partial charge in [0.1, 0.15) is 0 Å². The lowest BCUT2D eigenvalue weighted by atomic mass is 10.0. The molecule has 0 aromatic carbocycles. The van der Waals surface area contributed by atoms with Crippen LogP contribution < -0.4 is 10.6 Å². The fraction of sp³-hybridized carbons (Fsp3) is 1.00. The van der Waals surface area contributed by atoms with Crippen molar-refractivity contribution in [2.45, 2.75) is 12.1 Å². The van der Waals surface area contributed by atoms with Crippen LogP contribution in [0.5, 0.6) is 0 Å². The monoisotopic (exact) mass is 110 g/mol. The summed E-state index contributed by atoms with van der Waals surface area (Å²) in [5.74, 6) is 2.12. The van der Waals surface area contributed by atoms with Gasteiger partial charge in [0.05, 0.1) is 0 Å². The summed E-state index contributed by atoms with van der Waals surface area (Å²) >= 11 is 0. The molecule has 0 spiro atoms. The van der Waals surface area contributed by atoms with Crippen molar-refractivity contribution in [2.24, 2.45) is 11.8 Å². The number of hydrogen-bond acceptors (Lipinski definition) is 2. The minimum atomic E-state index is 0.860. The zero-order chi connectivity index (χ0) is 5.14. The maximum absolute atomic E-state index is 3.52. The number of nitrogens with one attached hydrogen (secondary N) is 2. The first-order valence-corrected chi connectivity index (χ1v) is 3.43.